The molecule has 2 aromatic rings. The molecule has 1 aromatic carbocycles. The maximum absolute atomic E-state index is 12.4. The highest BCUT2D eigenvalue weighted by Gasteiger charge is 2.24. The molecule has 126 valence electrons. The number of benzene rings is 1. The fraction of sp³-hybridized carbons (Fsp3) is 0.267. The molecule has 0 aliphatic carbocycles. The summed E-state index contributed by atoms with van der Waals surface area (Å²) >= 11 is 0. The molecule has 0 aliphatic rings. The van der Waals surface area contributed by atoms with Crippen LogP contribution in [0.2, 0.25) is 0 Å². The molecular weight excluding hydrogens is 318 g/mol. The molecule has 0 spiro atoms. The number of aryl methyl sites for hydroxylation is 1. The number of hydrogen-bond acceptors (Lipinski definition) is 5. The van der Waals surface area contributed by atoms with E-state index in [2.05, 4.69) is 10.4 Å². The minimum atomic E-state index is -1.37. The number of fused-ring (bicyclic) bond motifs is 1. The molecule has 0 bridgehead atoms. The molecule has 9 heteroatoms. The van der Waals surface area contributed by atoms with Gasteiger partial charge in [0, 0.05) is 18.9 Å². The molecule has 2 rings (SSSR count). The van der Waals surface area contributed by atoms with Crippen LogP contribution < -0.4 is 10.9 Å². The minimum Gasteiger partial charge on any atom is -0.481 e. The maximum Gasteiger partial charge on any atom is 0.326 e. The lowest BCUT2D eigenvalue weighted by Gasteiger charge is -2.14. The van der Waals surface area contributed by atoms with Gasteiger partial charge in [0.1, 0.15) is 6.04 Å². The lowest BCUT2D eigenvalue weighted by Crippen LogP contribution is -2.42. The molecule has 0 saturated carbocycles. The van der Waals surface area contributed by atoms with Crippen molar-refractivity contribution in [1.82, 2.24) is 15.1 Å². The van der Waals surface area contributed by atoms with E-state index in [1.165, 1.54) is 19.2 Å². The number of aliphatic carboxylic acids is 2. The van der Waals surface area contributed by atoms with Crippen molar-refractivity contribution in [1.29, 1.82) is 0 Å². The molecule has 3 N–H and O–H groups in total. The number of carboxylic acid groups (broad SMARTS) is 2. The second-order valence-corrected chi connectivity index (χ2v) is 5.12. The lowest BCUT2D eigenvalue weighted by molar-refractivity contribution is -0.140. The number of nitrogens with one attached hydrogen (secondary N) is 1. The zero-order valence-corrected chi connectivity index (χ0v) is 12.7. The zero-order chi connectivity index (χ0) is 17.9. The second kappa shape index (κ2) is 6.90. The van der Waals surface area contributed by atoms with Crippen LogP contribution in [0.3, 0.4) is 0 Å². The molecule has 1 atom stereocenters. The molecule has 9 nitrogen and oxygen atoms in total. The summed E-state index contributed by atoms with van der Waals surface area (Å²) in [6.45, 7) is 0. The minimum absolute atomic E-state index is 0.103. The van der Waals surface area contributed by atoms with Crippen LogP contribution in [0, 0.1) is 0 Å². The Bertz CT molecular complexity index is 873. The average molecular weight is 333 g/mol. The summed E-state index contributed by atoms with van der Waals surface area (Å²) in [6.07, 6.45) is -0.668. The van der Waals surface area contributed by atoms with Crippen molar-refractivity contribution in [3.8, 4) is 0 Å². The smallest absolute Gasteiger partial charge is 0.326 e. The third kappa shape index (κ3) is 3.57. The Balaban J connectivity index is 2.37. The molecule has 0 fully saturated rings. The molecule has 1 amide bonds. The van der Waals surface area contributed by atoms with E-state index in [1.54, 1.807) is 12.1 Å². The Morgan fingerprint density at radius 1 is 1.21 bits per heavy atom. The van der Waals surface area contributed by atoms with E-state index in [9.17, 15) is 19.2 Å². The Morgan fingerprint density at radius 3 is 2.42 bits per heavy atom. The summed E-state index contributed by atoms with van der Waals surface area (Å²) in [5.74, 6) is -3.31. The highest BCUT2D eigenvalue weighted by atomic mass is 16.4. The second-order valence-electron chi connectivity index (χ2n) is 5.12. The normalized spacial score (nSPS) is 11.9. The first-order valence-electron chi connectivity index (χ1n) is 7.02. The van der Waals surface area contributed by atoms with E-state index in [4.69, 9.17) is 10.2 Å². The molecule has 0 saturated heterocycles. The van der Waals surface area contributed by atoms with Crippen LogP contribution in [0.25, 0.3) is 10.8 Å². The van der Waals surface area contributed by atoms with Crippen LogP contribution in [0.5, 0.6) is 0 Å². The topological polar surface area (TPSA) is 139 Å². The van der Waals surface area contributed by atoms with Crippen LogP contribution in [0.1, 0.15) is 23.3 Å². The first kappa shape index (κ1) is 17.1. The van der Waals surface area contributed by atoms with Gasteiger partial charge in [0.25, 0.3) is 11.5 Å². The van der Waals surface area contributed by atoms with E-state index >= 15 is 0 Å². The summed E-state index contributed by atoms with van der Waals surface area (Å²) in [5, 5.41) is 24.5. The number of carboxylic acids is 2. The van der Waals surface area contributed by atoms with Gasteiger partial charge < -0.3 is 15.5 Å². The third-order valence-corrected chi connectivity index (χ3v) is 3.42. The summed E-state index contributed by atoms with van der Waals surface area (Å²) in [7, 11) is 1.38. The van der Waals surface area contributed by atoms with Gasteiger partial charge in [-0.2, -0.15) is 5.10 Å². The van der Waals surface area contributed by atoms with Crippen molar-refractivity contribution >= 4 is 28.6 Å². The van der Waals surface area contributed by atoms with Gasteiger partial charge in [0.15, 0.2) is 5.69 Å². The van der Waals surface area contributed by atoms with Crippen LogP contribution in [0.15, 0.2) is 29.1 Å². The fourth-order valence-electron chi connectivity index (χ4n) is 2.22. The molecule has 1 heterocycles. The summed E-state index contributed by atoms with van der Waals surface area (Å²) in [5.41, 5.74) is -0.489. The summed E-state index contributed by atoms with van der Waals surface area (Å²) < 4.78 is 0.990. The van der Waals surface area contributed by atoms with Crippen LogP contribution in [-0.4, -0.2) is 43.9 Å². The van der Waals surface area contributed by atoms with Crippen LogP contribution in [0.4, 0.5) is 0 Å². The Labute approximate surface area is 135 Å². The maximum atomic E-state index is 12.4. The van der Waals surface area contributed by atoms with E-state index in [1.807, 2.05) is 0 Å². The van der Waals surface area contributed by atoms with Gasteiger partial charge in [0.05, 0.1) is 5.39 Å². The van der Waals surface area contributed by atoms with Gasteiger partial charge in [-0.1, -0.05) is 18.2 Å². The molecule has 0 aliphatic heterocycles. The van der Waals surface area contributed by atoms with Crippen molar-refractivity contribution in [2.75, 3.05) is 0 Å². The largest absolute Gasteiger partial charge is 0.481 e. The molecule has 1 aromatic heterocycles. The molecule has 0 radical (unpaired) electrons. The van der Waals surface area contributed by atoms with Crippen molar-refractivity contribution < 1.29 is 24.6 Å². The van der Waals surface area contributed by atoms with Crippen molar-refractivity contribution in [3.63, 3.8) is 0 Å². The summed E-state index contributed by atoms with van der Waals surface area (Å²) in [6, 6.07) is 4.96. The van der Waals surface area contributed by atoms with Gasteiger partial charge in [0.2, 0.25) is 0 Å². The SMILES string of the molecule is Cn1nc(C(=O)NC(CCC(=O)O)C(=O)O)c2ccccc2c1=O. The highest BCUT2D eigenvalue weighted by Crippen LogP contribution is 2.13. The Kier molecular flexibility index (Phi) is 4.93. The van der Waals surface area contributed by atoms with Gasteiger partial charge in [-0.05, 0) is 12.5 Å². The van der Waals surface area contributed by atoms with Gasteiger partial charge in [-0.3, -0.25) is 14.4 Å². The van der Waals surface area contributed by atoms with Gasteiger partial charge in [-0.15, -0.1) is 0 Å². The van der Waals surface area contributed by atoms with E-state index in [-0.39, 0.29) is 23.1 Å². The van der Waals surface area contributed by atoms with Crippen molar-refractivity contribution in [3.05, 3.63) is 40.3 Å². The predicted molar refractivity (Wildman–Crippen MR) is 82.7 cm³/mol. The molecular formula is C15H15N3O6. The average Bonchev–Trinajstić information content (AvgIpc) is 2.54. The van der Waals surface area contributed by atoms with E-state index in [0.717, 1.165) is 4.68 Å². The van der Waals surface area contributed by atoms with Gasteiger partial charge >= 0.3 is 11.9 Å². The standard InChI is InChI=1S/C15H15N3O6/c1-18-14(22)9-5-3-2-4-8(9)12(17-18)13(21)16-10(15(23)24)6-7-11(19)20/h2-5,10H,6-7H2,1H3,(H,16,21)(H,19,20)(H,23,24). The lowest BCUT2D eigenvalue weighted by atomic mass is 10.1. The Morgan fingerprint density at radius 2 is 1.83 bits per heavy atom. The monoisotopic (exact) mass is 333 g/mol. The zero-order valence-electron chi connectivity index (χ0n) is 12.7. The molecule has 24 heavy (non-hydrogen) atoms. The first-order chi connectivity index (χ1) is 11.3. The number of aromatic nitrogens is 2. The number of rotatable bonds is 6. The van der Waals surface area contributed by atoms with Gasteiger partial charge in [-0.25, -0.2) is 9.48 Å². The predicted octanol–water partition coefficient (Wildman–Crippen LogP) is -0.0187. The van der Waals surface area contributed by atoms with E-state index in [0.29, 0.717) is 5.39 Å². The first-order valence-corrected chi connectivity index (χ1v) is 7.02. The number of carbonyl (C=O) groups is 3. The third-order valence-electron chi connectivity index (χ3n) is 3.42. The van der Waals surface area contributed by atoms with Crippen molar-refractivity contribution in [2.45, 2.75) is 18.9 Å². The quantitative estimate of drug-likeness (QED) is 0.675. The number of hydrogen-bond donors (Lipinski definition) is 3. The van der Waals surface area contributed by atoms with E-state index < -0.39 is 30.3 Å². The Hall–Kier alpha value is -3.23. The van der Waals surface area contributed by atoms with Crippen LogP contribution >= 0.6 is 0 Å². The molecule has 1 unspecified atom stereocenters. The number of nitrogens with zero attached hydrogens (tertiary/aromatic N) is 2. The highest BCUT2D eigenvalue weighted by molar-refractivity contribution is 6.05. The summed E-state index contributed by atoms with van der Waals surface area (Å²) in [4.78, 5) is 46.2. The number of carbonyl (C=O) groups excluding carboxylic acids is 1. The number of amides is 1. The van der Waals surface area contributed by atoms with Crippen molar-refractivity contribution in [2.24, 2.45) is 7.05 Å². The fourth-order valence-corrected chi connectivity index (χ4v) is 2.22. The van der Waals surface area contributed by atoms with Crippen LogP contribution in [-0.2, 0) is 16.6 Å².